The number of ether oxygens (including phenoxy) is 1. The lowest BCUT2D eigenvalue weighted by Crippen LogP contribution is -2.40. The van der Waals surface area contributed by atoms with E-state index in [1.165, 1.54) is 4.31 Å². The highest BCUT2D eigenvalue weighted by Crippen LogP contribution is 2.28. The van der Waals surface area contributed by atoms with E-state index in [0.717, 1.165) is 34.9 Å². The molecule has 0 bridgehead atoms. The van der Waals surface area contributed by atoms with Crippen molar-refractivity contribution in [3.05, 3.63) is 18.2 Å². The number of hydrogen-bond donors (Lipinski definition) is 0. The lowest BCUT2D eigenvalue weighted by atomic mass is 10.2. The molecule has 0 amide bonds. The van der Waals surface area contributed by atoms with Crippen molar-refractivity contribution in [3.8, 4) is 0 Å². The Balaban J connectivity index is 1.90. The van der Waals surface area contributed by atoms with Crippen LogP contribution in [0, 0.1) is 5.92 Å². The molecule has 144 valence electrons. The summed E-state index contributed by atoms with van der Waals surface area (Å²) in [5, 5.41) is 0.962. The fourth-order valence-corrected chi connectivity index (χ4v) is 5.73. The van der Waals surface area contributed by atoms with Crippen LogP contribution in [0.4, 0.5) is 0 Å². The average molecular weight is 398 g/mol. The number of aromatic nitrogens is 2. The molecule has 0 aliphatic carbocycles. The Morgan fingerprint density at radius 1 is 1.27 bits per heavy atom. The van der Waals surface area contributed by atoms with Gasteiger partial charge in [-0.1, -0.05) is 25.6 Å². The van der Waals surface area contributed by atoms with Gasteiger partial charge in [0.1, 0.15) is 0 Å². The van der Waals surface area contributed by atoms with Gasteiger partial charge in [0.2, 0.25) is 10.0 Å². The van der Waals surface area contributed by atoms with Gasteiger partial charge in [-0.05, 0) is 37.5 Å². The van der Waals surface area contributed by atoms with Crippen LogP contribution in [0.3, 0.4) is 0 Å². The number of imidazole rings is 1. The van der Waals surface area contributed by atoms with Crippen molar-refractivity contribution >= 4 is 32.8 Å². The second kappa shape index (κ2) is 8.29. The summed E-state index contributed by atoms with van der Waals surface area (Å²) in [6, 6.07) is 5.29. The van der Waals surface area contributed by atoms with E-state index in [4.69, 9.17) is 9.72 Å². The van der Waals surface area contributed by atoms with Crippen molar-refractivity contribution < 1.29 is 13.2 Å². The van der Waals surface area contributed by atoms with Gasteiger partial charge in [0, 0.05) is 25.4 Å². The molecule has 26 heavy (non-hydrogen) atoms. The predicted octanol–water partition coefficient (Wildman–Crippen LogP) is 3.22. The van der Waals surface area contributed by atoms with E-state index in [2.05, 4.69) is 25.3 Å². The summed E-state index contributed by atoms with van der Waals surface area (Å²) < 4.78 is 34.7. The van der Waals surface area contributed by atoms with E-state index >= 15 is 0 Å². The molecular weight excluding hydrogens is 370 g/mol. The highest BCUT2D eigenvalue weighted by molar-refractivity contribution is 7.99. The third-order valence-corrected chi connectivity index (χ3v) is 7.44. The van der Waals surface area contributed by atoms with Gasteiger partial charge in [0.05, 0.1) is 29.1 Å². The van der Waals surface area contributed by atoms with Gasteiger partial charge in [-0.15, -0.1) is 0 Å². The molecule has 8 heteroatoms. The third kappa shape index (κ3) is 4.08. The fourth-order valence-electron chi connectivity index (χ4n) is 2.99. The molecule has 1 aromatic heterocycles. The van der Waals surface area contributed by atoms with E-state index in [1.807, 2.05) is 6.07 Å². The summed E-state index contributed by atoms with van der Waals surface area (Å²) in [6.07, 6.45) is 1.13. The summed E-state index contributed by atoms with van der Waals surface area (Å²) in [5.74, 6) is 1.67. The number of nitrogens with zero attached hydrogens (tertiary/aromatic N) is 3. The minimum absolute atomic E-state index is 0.311. The second-order valence-corrected chi connectivity index (χ2v) is 9.84. The number of morpholine rings is 1. The topological polar surface area (TPSA) is 64.4 Å². The molecular formula is C18H27N3O3S2. The molecule has 1 saturated heterocycles. The third-order valence-electron chi connectivity index (χ3n) is 4.54. The number of benzene rings is 1. The first-order valence-electron chi connectivity index (χ1n) is 9.14. The van der Waals surface area contributed by atoms with Crippen LogP contribution in [0.1, 0.15) is 27.2 Å². The molecule has 2 heterocycles. The summed E-state index contributed by atoms with van der Waals surface area (Å²) >= 11 is 1.74. The molecule has 6 nitrogen and oxygen atoms in total. The van der Waals surface area contributed by atoms with E-state index in [-0.39, 0.29) is 0 Å². The Kier molecular flexibility index (Phi) is 6.27. The van der Waals surface area contributed by atoms with Gasteiger partial charge in [0.15, 0.2) is 5.16 Å². The molecule has 0 radical (unpaired) electrons. The number of sulfonamides is 1. The van der Waals surface area contributed by atoms with Gasteiger partial charge in [-0.3, -0.25) is 0 Å². The molecule has 1 aliphatic rings. The second-order valence-electron chi connectivity index (χ2n) is 6.84. The molecule has 2 aromatic rings. The van der Waals surface area contributed by atoms with Crippen LogP contribution >= 0.6 is 11.8 Å². The van der Waals surface area contributed by atoms with Gasteiger partial charge < -0.3 is 9.30 Å². The van der Waals surface area contributed by atoms with Crippen LogP contribution < -0.4 is 0 Å². The van der Waals surface area contributed by atoms with Crippen LogP contribution in [-0.2, 0) is 21.3 Å². The largest absolute Gasteiger partial charge is 0.379 e. The molecule has 0 atom stereocenters. The highest BCUT2D eigenvalue weighted by Gasteiger charge is 2.27. The van der Waals surface area contributed by atoms with Crippen LogP contribution in [0.2, 0.25) is 0 Å². The Morgan fingerprint density at radius 3 is 2.65 bits per heavy atom. The van der Waals surface area contributed by atoms with Gasteiger partial charge in [-0.2, -0.15) is 4.31 Å². The Morgan fingerprint density at radius 2 is 2.00 bits per heavy atom. The predicted molar refractivity (Wildman–Crippen MR) is 105 cm³/mol. The summed E-state index contributed by atoms with van der Waals surface area (Å²) in [6.45, 7) is 9.03. The maximum atomic E-state index is 12.9. The molecule has 0 spiro atoms. The molecule has 0 N–H and O–H groups in total. The van der Waals surface area contributed by atoms with E-state index in [9.17, 15) is 8.42 Å². The van der Waals surface area contributed by atoms with Crippen LogP contribution in [-0.4, -0.2) is 54.3 Å². The number of hydrogen-bond acceptors (Lipinski definition) is 5. The SMILES string of the molecule is CCn1c(SCCC(C)C)nc2cc(S(=O)(=O)N3CCOCC3)ccc21. The van der Waals surface area contributed by atoms with Crippen molar-refractivity contribution in [2.45, 2.75) is 43.8 Å². The Labute approximate surface area is 160 Å². The normalized spacial score (nSPS) is 16.6. The first-order chi connectivity index (χ1) is 12.4. The van der Waals surface area contributed by atoms with E-state index in [1.54, 1.807) is 23.9 Å². The highest BCUT2D eigenvalue weighted by atomic mass is 32.2. The number of aryl methyl sites for hydroxylation is 1. The maximum Gasteiger partial charge on any atom is 0.243 e. The van der Waals surface area contributed by atoms with Gasteiger partial charge in [0.25, 0.3) is 0 Å². The van der Waals surface area contributed by atoms with Crippen molar-refractivity contribution in [2.75, 3.05) is 32.1 Å². The molecule has 1 aliphatic heterocycles. The number of thioether (sulfide) groups is 1. The van der Waals surface area contributed by atoms with E-state index in [0.29, 0.717) is 37.1 Å². The molecule has 1 aromatic carbocycles. The Bertz CT molecular complexity index is 856. The lowest BCUT2D eigenvalue weighted by molar-refractivity contribution is 0.0730. The first-order valence-corrected chi connectivity index (χ1v) is 11.6. The van der Waals surface area contributed by atoms with Crippen molar-refractivity contribution in [2.24, 2.45) is 5.92 Å². The van der Waals surface area contributed by atoms with Crippen molar-refractivity contribution in [1.82, 2.24) is 13.9 Å². The van der Waals surface area contributed by atoms with Crippen molar-refractivity contribution in [3.63, 3.8) is 0 Å². The summed E-state index contributed by atoms with van der Waals surface area (Å²) in [7, 11) is -3.49. The fraction of sp³-hybridized carbons (Fsp3) is 0.611. The zero-order valence-electron chi connectivity index (χ0n) is 15.6. The molecule has 0 unspecified atom stereocenters. The van der Waals surface area contributed by atoms with Crippen LogP contribution in [0.15, 0.2) is 28.3 Å². The smallest absolute Gasteiger partial charge is 0.243 e. The molecule has 3 rings (SSSR count). The van der Waals surface area contributed by atoms with Crippen LogP contribution in [0.25, 0.3) is 11.0 Å². The molecule has 0 saturated carbocycles. The zero-order valence-corrected chi connectivity index (χ0v) is 17.3. The number of fused-ring (bicyclic) bond motifs is 1. The summed E-state index contributed by atoms with van der Waals surface area (Å²) in [4.78, 5) is 5.03. The van der Waals surface area contributed by atoms with Gasteiger partial charge in [-0.25, -0.2) is 13.4 Å². The average Bonchev–Trinajstić information content (AvgIpc) is 2.98. The van der Waals surface area contributed by atoms with Crippen LogP contribution in [0.5, 0.6) is 0 Å². The zero-order chi connectivity index (χ0) is 18.7. The minimum atomic E-state index is -3.49. The first kappa shape index (κ1) is 19.7. The van der Waals surface area contributed by atoms with Crippen molar-refractivity contribution in [1.29, 1.82) is 0 Å². The quantitative estimate of drug-likeness (QED) is 0.671. The standard InChI is InChI=1S/C18H27N3O3S2/c1-4-21-17-6-5-15(26(22,23)20-8-10-24-11-9-20)13-16(17)19-18(21)25-12-7-14(2)3/h5-6,13-14H,4,7-12H2,1-3H3. The lowest BCUT2D eigenvalue weighted by Gasteiger charge is -2.26. The van der Waals surface area contributed by atoms with Gasteiger partial charge >= 0.3 is 0 Å². The monoisotopic (exact) mass is 397 g/mol. The van der Waals surface area contributed by atoms with E-state index < -0.39 is 10.0 Å². The maximum absolute atomic E-state index is 12.9. The Hall–Kier alpha value is -1.09. The molecule has 1 fully saturated rings. The minimum Gasteiger partial charge on any atom is -0.379 e. The summed E-state index contributed by atoms with van der Waals surface area (Å²) in [5.41, 5.74) is 1.73. The number of rotatable bonds is 7.